The molecule has 26 heavy (non-hydrogen) atoms. The van der Waals surface area contributed by atoms with E-state index in [0.717, 1.165) is 36.1 Å². The van der Waals surface area contributed by atoms with Crippen LogP contribution in [0.25, 0.3) is 0 Å². The van der Waals surface area contributed by atoms with Crippen LogP contribution in [0.3, 0.4) is 0 Å². The Balaban J connectivity index is 1.84. The van der Waals surface area contributed by atoms with Crippen LogP contribution in [0.15, 0.2) is 48.5 Å². The number of carbonyl (C=O) groups excluding carboxylic acids is 2. The summed E-state index contributed by atoms with van der Waals surface area (Å²) >= 11 is 0. The first kappa shape index (κ1) is 19.5. The Kier molecular flexibility index (Phi) is 7.68. The van der Waals surface area contributed by atoms with Crippen molar-refractivity contribution in [3.8, 4) is 0 Å². The first-order valence-corrected chi connectivity index (χ1v) is 9.07. The van der Waals surface area contributed by atoms with E-state index in [9.17, 15) is 9.59 Å². The van der Waals surface area contributed by atoms with Crippen LogP contribution in [0.4, 0.5) is 16.2 Å². The highest BCUT2D eigenvalue weighted by Gasteiger charge is 2.05. The second-order valence-corrected chi connectivity index (χ2v) is 6.38. The maximum absolute atomic E-state index is 12.1. The molecular weight excluding hydrogens is 326 g/mol. The summed E-state index contributed by atoms with van der Waals surface area (Å²) in [6, 6.07) is 14.8. The van der Waals surface area contributed by atoms with E-state index in [1.807, 2.05) is 55.5 Å². The third-order valence-corrected chi connectivity index (χ3v) is 3.96. The second kappa shape index (κ2) is 10.2. The van der Waals surface area contributed by atoms with Crippen LogP contribution < -0.4 is 16.0 Å². The van der Waals surface area contributed by atoms with Crippen molar-refractivity contribution < 1.29 is 9.59 Å². The third kappa shape index (κ3) is 6.97. The van der Waals surface area contributed by atoms with Crippen LogP contribution in [0, 0.1) is 6.92 Å². The van der Waals surface area contributed by atoms with Crippen LogP contribution in [-0.2, 0) is 11.3 Å². The minimum Gasteiger partial charge on any atom is -0.352 e. The number of nitrogens with one attached hydrogen (secondary N) is 3. The van der Waals surface area contributed by atoms with Crippen molar-refractivity contribution in [2.24, 2.45) is 0 Å². The maximum Gasteiger partial charge on any atom is 0.323 e. The van der Waals surface area contributed by atoms with Gasteiger partial charge in [0.05, 0.1) is 0 Å². The van der Waals surface area contributed by atoms with Gasteiger partial charge >= 0.3 is 6.03 Å². The van der Waals surface area contributed by atoms with Gasteiger partial charge < -0.3 is 16.0 Å². The molecule has 3 amide bonds. The van der Waals surface area contributed by atoms with Crippen molar-refractivity contribution in [2.75, 3.05) is 10.6 Å². The number of amides is 3. The number of aryl methyl sites for hydroxylation is 1. The molecule has 0 aliphatic heterocycles. The van der Waals surface area contributed by atoms with E-state index < -0.39 is 0 Å². The normalized spacial score (nSPS) is 10.2. The zero-order chi connectivity index (χ0) is 18.8. The number of urea groups is 1. The number of anilines is 2. The lowest BCUT2D eigenvalue weighted by Crippen LogP contribution is -2.22. The van der Waals surface area contributed by atoms with Crippen molar-refractivity contribution >= 4 is 23.3 Å². The van der Waals surface area contributed by atoms with Gasteiger partial charge in [0, 0.05) is 24.3 Å². The van der Waals surface area contributed by atoms with Gasteiger partial charge in [-0.1, -0.05) is 44.0 Å². The van der Waals surface area contributed by atoms with E-state index >= 15 is 0 Å². The predicted molar refractivity (Wildman–Crippen MR) is 106 cm³/mol. The lowest BCUT2D eigenvalue weighted by molar-refractivity contribution is -0.121. The van der Waals surface area contributed by atoms with Crippen molar-refractivity contribution in [1.29, 1.82) is 0 Å². The molecule has 3 N–H and O–H groups in total. The minimum atomic E-state index is -0.295. The minimum absolute atomic E-state index is 0.0639. The highest BCUT2D eigenvalue weighted by atomic mass is 16.2. The molecule has 2 aromatic carbocycles. The monoisotopic (exact) mass is 353 g/mol. The van der Waals surface area contributed by atoms with Gasteiger partial charge in [0.25, 0.3) is 0 Å². The molecule has 0 spiro atoms. The molecule has 2 rings (SSSR count). The summed E-state index contributed by atoms with van der Waals surface area (Å²) in [5.74, 6) is 0.0639. The van der Waals surface area contributed by atoms with Gasteiger partial charge in [-0.15, -0.1) is 0 Å². The second-order valence-electron chi connectivity index (χ2n) is 6.38. The molecule has 5 heteroatoms. The fourth-order valence-electron chi connectivity index (χ4n) is 2.60. The largest absolute Gasteiger partial charge is 0.352 e. The van der Waals surface area contributed by atoms with Gasteiger partial charge in [-0.05, 0) is 48.7 Å². The summed E-state index contributed by atoms with van der Waals surface area (Å²) < 4.78 is 0. The molecule has 0 aromatic heterocycles. The Morgan fingerprint density at radius 1 is 0.923 bits per heavy atom. The predicted octanol–water partition coefficient (Wildman–Crippen LogP) is 4.84. The highest BCUT2D eigenvalue weighted by molar-refractivity contribution is 5.99. The Morgan fingerprint density at radius 3 is 2.31 bits per heavy atom. The van der Waals surface area contributed by atoms with Crippen LogP contribution in [-0.4, -0.2) is 11.9 Å². The summed E-state index contributed by atoms with van der Waals surface area (Å²) in [7, 11) is 0. The number of hydrogen-bond donors (Lipinski definition) is 3. The molecule has 0 bridgehead atoms. The highest BCUT2D eigenvalue weighted by Crippen LogP contribution is 2.13. The SMILES string of the molecule is CCCCCC(=O)NCc1cccc(NC(=O)Nc2cccc(C)c2)c1. The number of carbonyl (C=O) groups is 2. The summed E-state index contributed by atoms with van der Waals surface area (Å²) in [6.45, 7) is 4.55. The average Bonchev–Trinajstić information content (AvgIpc) is 2.60. The molecule has 0 aliphatic carbocycles. The molecule has 0 fully saturated rings. The van der Waals surface area contributed by atoms with E-state index in [1.54, 1.807) is 0 Å². The van der Waals surface area contributed by atoms with E-state index in [0.29, 0.717) is 18.7 Å². The zero-order valence-corrected chi connectivity index (χ0v) is 15.5. The topological polar surface area (TPSA) is 70.2 Å². The standard InChI is InChI=1S/C21H27N3O2/c1-3-4-5-12-20(25)22-15-17-9-7-11-19(14-17)24-21(26)23-18-10-6-8-16(2)13-18/h6-11,13-14H,3-5,12,15H2,1-2H3,(H,22,25)(H2,23,24,26). The third-order valence-electron chi connectivity index (χ3n) is 3.96. The molecule has 2 aromatic rings. The molecule has 0 saturated heterocycles. The fraction of sp³-hybridized carbons (Fsp3) is 0.333. The molecule has 0 saturated carbocycles. The van der Waals surface area contributed by atoms with Crippen molar-refractivity contribution in [3.05, 3.63) is 59.7 Å². The lowest BCUT2D eigenvalue weighted by atomic mass is 10.1. The van der Waals surface area contributed by atoms with Crippen molar-refractivity contribution in [2.45, 2.75) is 46.1 Å². The van der Waals surface area contributed by atoms with Gasteiger partial charge in [-0.2, -0.15) is 0 Å². The van der Waals surface area contributed by atoms with Gasteiger partial charge in [0.2, 0.25) is 5.91 Å². The van der Waals surface area contributed by atoms with Crippen LogP contribution in [0.1, 0.15) is 43.7 Å². The Bertz CT molecular complexity index is 744. The van der Waals surface area contributed by atoms with Crippen LogP contribution in [0.5, 0.6) is 0 Å². The van der Waals surface area contributed by atoms with E-state index in [-0.39, 0.29) is 11.9 Å². The number of benzene rings is 2. The van der Waals surface area contributed by atoms with Gasteiger partial charge in [0.15, 0.2) is 0 Å². The smallest absolute Gasteiger partial charge is 0.323 e. The quantitative estimate of drug-likeness (QED) is 0.595. The van der Waals surface area contributed by atoms with Crippen LogP contribution in [0.2, 0.25) is 0 Å². The maximum atomic E-state index is 12.1. The Hall–Kier alpha value is -2.82. The summed E-state index contributed by atoms with van der Waals surface area (Å²) in [5.41, 5.74) is 3.47. The lowest BCUT2D eigenvalue weighted by Gasteiger charge is -2.10. The van der Waals surface area contributed by atoms with E-state index in [4.69, 9.17) is 0 Å². The van der Waals surface area contributed by atoms with Crippen LogP contribution >= 0.6 is 0 Å². The molecule has 0 radical (unpaired) electrons. The molecule has 0 unspecified atom stereocenters. The molecule has 0 heterocycles. The summed E-state index contributed by atoms with van der Waals surface area (Å²) in [5, 5.41) is 8.54. The molecule has 138 valence electrons. The van der Waals surface area contributed by atoms with E-state index in [1.165, 1.54) is 0 Å². The zero-order valence-electron chi connectivity index (χ0n) is 15.5. The van der Waals surface area contributed by atoms with E-state index in [2.05, 4.69) is 22.9 Å². The summed E-state index contributed by atoms with van der Waals surface area (Å²) in [4.78, 5) is 23.9. The molecule has 0 atom stereocenters. The van der Waals surface area contributed by atoms with Gasteiger partial charge in [-0.3, -0.25) is 4.79 Å². The molecule has 5 nitrogen and oxygen atoms in total. The first-order chi connectivity index (χ1) is 12.6. The van der Waals surface area contributed by atoms with Crippen molar-refractivity contribution in [1.82, 2.24) is 5.32 Å². The molecule has 0 aliphatic rings. The number of hydrogen-bond acceptors (Lipinski definition) is 2. The first-order valence-electron chi connectivity index (χ1n) is 9.07. The fourth-order valence-corrected chi connectivity index (χ4v) is 2.60. The van der Waals surface area contributed by atoms with Gasteiger partial charge in [-0.25, -0.2) is 4.79 Å². The van der Waals surface area contributed by atoms with Crippen molar-refractivity contribution in [3.63, 3.8) is 0 Å². The Morgan fingerprint density at radius 2 is 1.62 bits per heavy atom. The average molecular weight is 353 g/mol. The summed E-state index contributed by atoms with van der Waals surface area (Å²) in [6.07, 6.45) is 3.65. The Labute approximate surface area is 155 Å². The molecular formula is C21H27N3O2. The number of rotatable bonds is 8. The number of unbranched alkanes of at least 4 members (excludes halogenated alkanes) is 2. The van der Waals surface area contributed by atoms with Gasteiger partial charge in [0.1, 0.15) is 0 Å².